The molecule has 1 aliphatic rings. The highest BCUT2D eigenvalue weighted by molar-refractivity contribution is 7.12. The van der Waals surface area contributed by atoms with Crippen LogP contribution in [0.3, 0.4) is 0 Å². The molecule has 0 N–H and O–H groups in total. The molecule has 1 aromatic heterocycles. The smallest absolute Gasteiger partial charge is 0.223 e. The number of nitrogens with zero attached hydrogens (tertiary/aromatic N) is 1. The maximum Gasteiger partial charge on any atom is 0.223 e. The number of rotatable bonds is 4. The van der Waals surface area contributed by atoms with Crippen molar-refractivity contribution in [3.8, 4) is 0 Å². The van der Waals surface area contributed by atoms with Crippen molar-refractivity contribution >= 4 is 23.0 Å². The van der Waals surface area contributed by atoms with Gasteiger partial charge in [-0.15, -0.1) is 11.3 Å². The fraction of sp³-hybridized carbons (Fsp3) is 0.571. The first-order valence-electron chi connectivity index (χ1n) is 6.56. The number of carbonyl (C=O) groups excluding carboxylic acids is 2. The predicted octanol–water partition coefficient (Wildman–Crippen LogP) is 2.35. The Kier molecular flexibility index (Phi) is 4.71. The average molecular weight is 281 g/mol. The Morgan fingerprint density at radius 2 is 2.00 bits per heavy atom. The van der Waals surface area contributed by atoms with Crippen LogP contribution in [0.5, 0.6) is 0 Å². The molecule has 1 saturated heterocycles. The van der Waals surface area contributed by atoms with Crippen LogP contribution in [0.15, 0.2) is 17.5 Å². The van der Waals surface area contributed by atoms with E-state index in [0.29, 0.717) is 19.5 Å². The van der Waals surface area contributed by atoms with Gasteiger partial charge in [0.15, 0.2) is 5.78 Å². The lowest BCUT2D eigenvalue weighted by Gasteiger charge is -2.35. The first-order chi connectivity index (χ1) is 9.06. The van der Waals surface area contributed by atoms with Crippen LogP contribution in [0.4, 0.5) is 0 Å². The normalized spacial score (nSPS) is 23.4. The van der Waals surface area contributed by atoms with Gasteiger partial charge in [0, 0.05) is 25.9 Å². The summed E-state index contributed by atoms with van der Waals surface area (Å²) in [5.74, 6) is 0.101. The fourth-order valence-electron chi connectivity index (χ4n) is 2.32. The Balaban J connectivity index is 1.82. The van der Waals surface area contributed by atoms with Gasteiger partial charge in [0.1, 0.15) is 0 Å². The van der Waals surface area contributed by atoms with Crippen molar-refractivity contribution < 1.29 is 14.3 Å². The molecule has 2 rings (SSSR count). The second-order valence-corrected chi connectivity index (χ2v) is 5.90. The standard InChI is InChI=1S/C14H19NO3S/c1-10-8-15(9-11(2)18-10)14(17)6-5-12(16)13-4-3-7-19-13/h3-4,7,10-11H,5-6,8-9H2,1-2H3. The maximum atomic E-state index is 12.1. The number of amides is 1. The molecule has 0 saturated carbocycles. The van der Waals surface area contributed by atoms with Crippen molar-refractivity contribution in [2.24, 2.45) is 0 Å². The van der Waals surface area contributed by atoms with E-state index in [1.807, 2.05) is 25.3 Å². The van der Waals surface area contributed by atoms with Gasteiger partial charge in [-0.25, -0.2) is 0 Å². The molecule has 0 radical (unpaired) electrons. The third-order valence-corrected chi connectivity index (χ3v) is 4.05. The van der Waals surface area contributed by atoms with Crippen LogP contribution in [0.25, 0.3) is 0 Å². The minimum Gasteiger partial charge on any atom is -0.372 e. The van der Waals surface area contributed by atoms with Gasteiger partial charge in [0.05, 0.1) is 17.1 Å². The molecular weight excluding hydrogens is 262 g/mol. The molecule has 2 atom stereocenters. The molecule has 1 aromatic rings. The molecule has 0 aliphatic carbocycles. The number of hydrogen-bond acceptors (Lipinski definition) is 4. The first-order valence-corrected chi connectivity index (χ1v) is 7.44. The fourth-order valence-corrected chi connectivity index (χ4v) is 3.01. The van der Waals surface area contributed by atoms with E-state index >= 15 is 0 Å². The van der Waals surface area contributed by atoms with Crippen LogP contribution < -0.4 is 0 Å². The summed E-state index contributed by atoms with van der Waals surface area (Å²) in [5, 5.41) is 1.88. The molecule has 2 unspecified atom stereocenters. The second-order valence-electron chi connectivity index (χ2n) is 4.96. The molecule has 0 bridgehead atoms. The van der Waals surface area contributed by atoms with E-state index in [0.717, 1.165) is 4.88 Å². The minimum absolute atomic E-state index is 0.0481. The summed E-state index contributed by atoms with van der Waals surface area (Å²) >= 11 is 1.42. The molecule has 104 valence electrons. The third kappa shape index (κ3) is 3.88. The van der Waals surface area contributed by atoms with Gasteiger partial charge in [-0.05, 0) is 25.3 Å². The van der Waals surface area contributed by atoms with Crippen LogP contribution in [0, 0.1) is 0 Å². The number of carbonyl (C=O) groups is 2. The molecular formula is C14H19NO3S. The lowest BCUT2D eigenvalue weighted by Crippen LogP contribution is -2.48. The lowest BCUT2D eigenvalue weighted by molar-refractivity contribution is -0.143. The van der Waals surface area contributed by atoms with E-state index in [1.165, 1.54) is 11.3 Å². The first kappa shape index (κ1) is 14.2. The zero-order valence-electron chi connectivity index (χ0n) is 11.3. The molecule has 1 amide bonds. The van der Waals surface area contributed by atoms with Crippen molar-refractivity contribution in [2.75, 3.05) is 13.1 Å². The predicted molar refractivity (Wildman–Crippen MR) is 74.5 cm³/mol. The monoisotopic (exact) mass is 281 g/mol. The third-order valence-electron chi connectivity index (χ3n) is 3.13. The number of Topliss-reactive ketones (excluding diaryl/α,β-unsaturated/α-hetero) is 1. The van der Waals surface area contributed by atoms with E-state index in [2.05, 4.69) is 0 Å². The summed E-state index contributed by atoms with van der Waals surface area (Å²) in [6.07, 6.45) is 0.719. The van der Waals surface area contributed by atoms with E-state index in [-0.39, 0.29) is 30.3 Å². The Bertz CT molecular complexity index is 434. The van der Waals surface area contributed by atoms with Crippen molar-refractivity contribution in [3.63, 3.8) is 0 Å². The van der Waals surface area contributed by atoms with Crippen molar-refractivity contribution in [1.29, 1.82) is 0 Å². The summed E-state index contributed by atoms with van der Waals surface area (Å²) in [5.41, 5.74) is 0. The number of hydrogen-bond donors (Lipinski definition) is 0. The molecule has 1 aliphatic heterocycles. The largest absolute Gasteiger partial charge is 0.372 e. The average Bonchev–Trinajstić information content (AvgIpc) is 2.88. The van der Waals surface area contributed by atoms with Crippen LogP contribution in [-0.4, -0.2) is 41.9 Å². The molecule has 5 heteroatoms. The highest BCUT2D eigenvalue weighted by Gasteiger charge is 2.25. The number of ether oxygens (including phenoxy) is 1. The summed E-state index contributed by atoms with van der Waals surface area (Å²) in [7, 11) is 0. The summed E-state index contributed by atoms with van der Waals surface area (Å²) in [4.78, 5) is 26.5. The lowest BCUT2D eigenvalue weighted by atomic mass is 10.1. The van der Waals surface area contributed by atoms with Gasteiger partial charge in [-0.1, -0.05) is 6.07 Å². The molecule has 0 aromatic carbocycles. The quantitative estimate of drug-likeness (QED) is 0.796. The van der Waals surface area contributed by atoms with Gasteiger partial charge in [-0.3, -0.25) is 9.59 Å². The number of ketones is 1. The Hall–Kier alpha value is -1.20. The van der Waals surface area contributed by atoms with Crippen LogP contribution in [-0.2, 0) is 9.53 Å². The molecule has 19 heavy (non-hydrogen) atoms. The van der Waals surface area contributed by atoms with E-state index in [4.69, 9.17) is 4.74 Å². The van der Waals surface area contributed by atoms with Gasteiger partial charge >= 0.3 is 0 Å². The van der Waals surface area contributed by atoms with E-state index in [1.54, 1.807) is 11.0 Å². The zero-order chi connectivity index (χ0) is 13.8. The zero-order valence-corrected chi connectivity index (χ0v) is 12.1. The highest BCUT2D eigenvalue weighted by atomic mass is 32.1. The molecule has 4 nitrogen and oxygen atoms in total. The summed E-state index contributed by atoms with van der Waals surface area (Å²) in [6.45, 7) is 5.17. The minimum atomic E-state index is 0.0481. The van der Waals surface area contributed by atoms with Crippen molar-refractivity contribution in [1.82, 2.24) is 4.90 Å². The second kappa shape index (κ2) is 6.30. The van der Waals surface area contributed by atoms with Crippen molar-refractivity contribution in [2.45, 2.75) is 38.9 Å². The van der Waals surface area contributed by atoms with Gasteiger partial charge in [-0.2, -0.15) is 0 Å². The SMILES string of the molecule is CC1CN(C(=O)CCC(=O)c2cccs2)CC(C)O1. The van der Waals surface area contributed by atoms with Gasteiger partial charge in [0.2, 0.25) is 5.91 Å². The van der Waals surface area contributed by atoms with E-state index < -0.39 is 0 Å². The molecule has 0 spiro atoms. The summed E-state index contributed by atoms with van der Waals surface area (Å²) < 4.78 is 5.59. The Morgan fingerprint density at radius 1 is 1.32 bits per heavy atom. The molecule has 2 heterocycles. The van der Waals surface area contributed by atoms with E-state index in [9.17, 15) is 9.59 Å². The topological polar surface area (TPSA) is 46.6 Å². The Labute approximate surface area is 117 Å². The number of morpholine rings is 1. The Morgan fingerprint density at radius 3 is 2.58 bits per heavy atom. The maximum absolute atomic E-state index is 12.1. The van der Waals surface area contributed by atoms with Crippen molar-refractivity contribution in [3.05, 3.63) is 22.4 Å². The number of thiophene rings is 1. The van der Waals surface area contributed by atoms with Crippen LogP contribution >= 0.6 is 11.3 Å². The van der Waals surface area contributed by atoms with Gasteiger partial charge in [0.25, 0.3) is 0 Å². The van der Waals surface area contributed by atoms with Gasteiger partial charge < -0.3 is 9.64 Å². The van der Waals surface area contributed by atoms with Crippen LogP contribution in [0.2, 0.25) is 0 Å². The van der Waals surface area contributed by atoms with Crippen LogP contribution in [0.1, 0.15) is 36.4 Å². The summed E-state index contributed by atoms with van der Waals surface area (Å²) in [6, 6.07) is 3.65. The highest BCUT2D eigenvalue weighted by Crippen LogP contribution is 2.15. The molecule has 1 fully saturated rings.